The summed E-state index contributed by atoms with van der Waals surface area (Å²) in [6.07, 6.45) is 0. The summed E-state index contributed by atoms with van der Waals surface area (Å²) in [6, 6.07) is 7.65. The zero-order chi connectivity index (χ0) is 10.4. The number of hydrogen-bond donors (Lipinski definition) is 1. The minimum absolute atomic E-state index is 0.0384. The summed E-state index contributed by atoms with van der Waals surface area (Å²) in [5, 5.41) is 2.80. The highest BCUT2D eigenvalue weighted by molar-refractivity contribution is 14.1. The summed E-state index contributed by atoms with van der Waals surface area (Å²) in [5.41, 5.74) is 0.994. The number of methoxy groups -OCH3 is 1. The molecule has 0 radical (unpaired) electrons. The number of para-hydroxylation sites is 1. The van der Waals surface area contributed by atoms with Gasteiger partial charge < -0.3 is 10.1 Å². The molecule has 1 rings (SSSR count). The lowest BCUT2D eigenvalue weighted by atomic mass is 10.2. The van der Waals surface area contributed by atoms with Crippen molar-refractivity contribution in [3.8, 4) is 5.75 Å². The number of nitrogens with one attached hydrogen (secondary N) is 1. The lowest BCUT2D eigenvalue weighted by Gasteiger charge is -2.08. The third-order valence-corrected chi connectivity index (χ3v) is 2.48. The molecule has 0 aliphatic carbocycles. The van der Waals surface area contributed by atoms with Gasteiger partial charge in [0.15, 0.2) is 0 Å². The second-order valence-electron chi connectivity index (χ2n) is 2.72. The molecule has 1 N–H and O–H groups in total. The van der Waals surface area contributed by atoms with Gasteiger partial charge in [0.05, 0.1) is 11.5 Å². The van der Waals surface area contributed by atoms with Gasteiger partial charge in [0.1, 0.15) is 5.75 Å². The SMILES string of the molecule is COc1ccccc1CNC(=O)CI. The van der Waals surface area contributed by atoms with Gasteiger partial charge in [0.25, 0.3) is 0 Å². The molecule has 3 nitrogen and oxygen atoms in total. The lowest BCUT2D eigenvalue weighted by Crippen LogP contribution is -2.23. The van der Waals surface area contributed by atoms with E-state index in [2.05, 4.69) is 5.32 Å². The van der Waals surface area contributed by atoms with Gasteiger partial charge in [-0.05, 0) is 6.07 Å². The van der Waals surface area contributed by atoms with Crippen LogP contribution in [0.5, 0.6) is 5.75 Å². The van der Waals surface area contributed by atoms with Gasteiger partial charge >= 0.3 is 0 Å². The topological polar surface area (TPSA) is 38.3 Å². The van der Waals surface area contributed by atoms with Crippen LogP contribution < -0.4 is 10.1 Å². The Morgan fingerprint density at radius 3 is 2.86 bits per heavy atom. The summed E-state index contributed by atoms with van der Waals surface area (Å²) >= 11 is 2.03. The third kappa shape index (κ3) is 3.17. The fourth-order valence-corrected chi connectivity index (χ4v) is 1.36. The maximum absolute atomic E-state index is 11.0. The van der Waals surface area contributed by atoms with E-state index in [0.717, 1.165) is 11.3 Å². The predicted molar refractivity (Wildman–Crippen MR) is 63.7 cm³/mol. The van der Waals surface area contributed by atoms with E-state index < -0.39 is 0 Å². The van der Waals surface area contributed by atoms with Crippen LogP contribution in [0.15, 0.2) is 24.3 Å². The second-order valence-corrected chi connectivity index (χ2v) is 3.48. The first-order chi connectivity index (χ1) is 6.77. The predicted octanol–water partition coefficient (Wildman–Crippen LogP) is 1.75. The molecule has 4 heteroatoms. The van der Waals surface area contributed by atoms with Crippen LogP contribution in [0.25, 0.3) is 0 Å². The average Bonchev–Trinajstić information content (AvgIpc) is 2.26. The Hall–Kier alpha value is -0.780. The Bertz CT molecular complexity index is 315. The van der Waals surface area contributed by atoms with E-state index in [1.54, 1.807) is 7.11 Å². The number of ether oxygens (including phenoxy) is 1. The molecule has 0 bridgehead atoms. The van der Waals surface area contributed by atoms with Crippen LogP contribution in [0.2, 0.25) is 0 Å². The van der Waals surface area contributed by atoms with Crippen LogP contribution in [0.1, 0.15) is 5.56 Å². The van der Waals surface area contributed by atoms with E-state index in [1.807, 2.05) is 46.9 Å². The van der Waals surface area contributed by atoms with Gasteiger partial charge in [-0.3, -0.25) is 4.79 Å². The van der Waals surface area contributed by atoms with Crippen molar-refractivity contribution in [1.29, 1.82) is 0 Å². The molecule has 14 heavy (non-hydrogen) atoms. The van der Waals surface area contributed by atoms with E-state index in [1.165, 1.54) is 0 Å². The molecule has 0 heterocycles. The van der Waals surface area contributed by atoms with E-state index in [9.17, 15) is 4.79 Å². The molecule has 1 amide bonds. The molecule has 1 aromatic rings. The zero-order valence-electron chi connectivity index (χ0n) is 7.92. The molecule has 1 aromatic carbocycles. The molecule has 0 fully saturated rings. The van der Waals surface area contributed by atoms with Crippen molar-refractivity contribution >= 4 is 28.5 Å². The molecule has 76 valence electrons. The number of halogens is 1. The first-order valence-corrected chi connectivity index (χ1v) is 5.75. The van der Waals surface area contributed by atoms with Crippen molar-refractivity contribution in [2.45, 2.75) is 6.54 Å². The smallest absolute Gasteiger partial charge is 0.230 e. The fourth-order valence-electron chi connectivity index (χ4n) is 1.09. The number of amides is 1. The molecule has 0 spiro atoms. The quantitative estimate of drug-likeness (QED) is 0.680. The Morgan fingerprint density at radius 2 is 2.21 bits per heavy atom. The largest absolute Gasteiger partial charge is 0.496 e. The summed E-state index contributed by atoms with van der Waals surface area (Å²) in [4.78, 5) is 11.0. The van der Waals surface area contributed by atoms with Gasteiger partial charge in [-0.2, -0.15) is 0 Å². The van der Waals surface area contributed by atoms with Gasteiger partial charge in [0.2, 0.25) is 5.91 Å². The van der Waals surface area contributed by atoms with E-state index in [-0.39, 0.29) is 5.91 Å². The second kappa shape index (κ2) is 5.85. The van der Waals surface area contributed by atoms with Crippen molar-refractivity contribution in [3.63, 3.8) is 0 Å². The van der Waals surface area contributed by atoms with Gasteiger partial charge in [-0.1, -0.05) is 40.8 Å². The van der Waals surface area contributed by atoms with Gasteiger partial charge in [-0.15, -0.1) is 0 Å². The maximum atomic E-state index is 11.0. The van der Waals surface area contributed by atoms with Crippen molar-refractivity contribution in [2.75, 3.05) is 11.5 Å². The number of carbonyl (C=O) groups is 1. The summed E-state index contributed by atoms with van der Waals surface area (Å²) < 4.78 is 5.64. The number of hydrogen-bond acceptors (Lipinski definition) is 2. The maximum Gasteiger partial charge on any atom is 0.230 e. The summed E-state index contributed by atoms with van der Waals surface area (Å²) in [5.74, 6) is 0.845. The molecule has 0 aromatic heterocycles. The Morgan fingerprint density at radius 1 is 1.50 bits per heavy atom. The van der Waals surface area contributed by atoms with Gasteiger partial charge in [-0.25, -0.2) is 0 Å². The van der Waals surface area contributed by atoms with E-state index in [0.29, 0.717) is 11.0 Å². The van der Waals surface area contributed by atoms with Crippen LogP contribution in [0.3, 0.4) is 0 Å². The minimum Gasteiger partial charge on any atom is -0.496 e. The number of benzene rings is 1. The normalized spacial score (nSPS) is 9.57. The average molecular weight is 305 g/mol. The van der Waals surface area contributed by atoms with Crippen molar-refractivity contribution < 1.29 is 9.53 Å². The first kappa shape index (κ1) is 11.3. The van der Waals surface area contributed by atoms with Crippen LogP contribution in [0, 0.1) is 0 Å². The lowest BCUT2D eigenvalue weighted by molar-refractivity contribution is -0.118. The molecule has 0 aliphatic heterocycles. The van der Waals surface area contributed by atoms with Gasteiger partial charge in [0, 0.05) is 12.1 Å². The summed E-state index contributed by atoms with van der Waals surface area (Å²) in [7, 11) is 1.62. The van der Waals surface area contributed by atoms with Crippen LogP contribution in [-0.2, 0) is 11.3 Å². The number of alkyl halides is 1. The number of carbonyl (C=O) groups excluding carboxylic acids is 1. The molecular formula is C10H12INO2. The Kier molecular flexibility index (Phi) is 4.72. The molecule has 0 aliphatic rings. The summed E-state index contributed by atoms with van der Waals surface area (Å²) in [6.45, 7) is 0.520. The number of rotatable bonds is 4. The Labute approximate surface area is 97.0 Å². The molecule has 0 saturated carbocycles. The first-order valence-electron chi connectivity index (χ1n) is 4.22. The van der Waals surface area contributed by atoms with E-state index in [4.69, 9.17) is 4.74 Å². The zero-order valence-corrected chi connectivity index (χ0v) is 10.1. The van der Waals surface area contributed by atoms with Crippen molar-refractivity contribution in [3.05, 3.63) is 29.8 Å². The van der Waals surface area contributed by atoms with E-state index >= 15 is 0 Å². The fraction of sp³-hybridized carbons (Fsp3) is 0.300. The molecule has 0 saturated heterocycles. The standard InChI is InChI=1S/C10H12INO2/c1-14-9-5-3-2-4-8(9)7-12-10(13)6-11/h2-5H,6-7H2,1H3,(H,12,13). The van der Waals surface area contributed by atoms with Crippen LogP contribution in [-0.4, -0.2) is 17.4 Å². The third-order valence-electron chi connectivity index (χ3n) is 1.79. The monoisotopic (exact) mass is 305 g/mol. The molecule has 0 unspecified atom stereocenters. The molecular weight excluding hydrogens is 293 g/mol. The highest BCUT2D eigenvalue weighted by Crippen LogP contribution is 2.16. The van der Waals surface area contributed by atoms with Crippen molar-refractivity contribution in [2.24, 2.45) is 0 Å². The Balaban J connectivity index is 2.61. The highest BCUT2D eigenvalue weighted by atomic mass is 127. The molecule has 0 atom stereocenters. The van der Waals surface area contributed by atoms with Crippen LogP contribution in [0.4, 0.5) is 0 Å². The van der Waals surface area contributed by atoms with Crippen molar-refractivity contribution in [1.82, 2.24) is 5.32 Å². The minimum atomic E-state index is 0.0384. The highest BCUT2D eigenvalue weighted by Gasteiger charge is 2.02. The van der Waals surface area contributed by atoms with Crippen LogP contribution >= 0.6 is 22.6 Å².